The van der Waals surface area contributed by atoms with Crippen molar-refractivity contribution in [1.82, 2.24) is 30.0 Å². The molecule has 2 spiro atoms. The van der Waals surface area contributed by atoms with Gasteiger partial charge in [-0.2, -0.15) is 23.3 Å². The number of carbonyl (C=O) groups excluding carboxylic acids is 1. The lowest BCUT2D eigenvalue weighted by Gasteiger charge is -2.54. The summed E-state index contributed by atoms with van der Waals surface area (Å²) in [6, 6.07) is 5.87. The summed E-state index contributed by atoms with van der Waals surface area (Å²) >= 11 is 0. The van der Waals surface area contributed by atoms with Crippen molar-refractivity contribution in [1.29, 1.82) is 0 Å². The Balaban J connectivity index is 1.20. The molecular formula is C39H43F5N8O2. The summed E-state index contributed by atoms with van der Waals surface area (Å²) in [5.74, 6) is -1.87. The van der Waals surface area contributed by atoms with Gasteiger partial charge in [-0.05, 0) is 80.0 Å². The Kier molecular flexibility index (Phi) is 7.98. The van der Waals surface area contributed by atoms with E-state index in [-0.39, 0.29) is 60.5 Å². The number of piperidine rings is 1. The van der Waals surface area contributed by atoms with Gasteiger partial charge in [-0.15, -0.1) is 0 Å². The number of amides is 1. The Bertz CT molecular complexity index is 2160. The number of anilines is 2. The molecular weight excluding hydrogens is 707 g/mol. The lowest BCUT2D eigenvalue weighted by atomic mass is 9.72. The monoisotopic (exact) mass is 750 g/mol. The third-order valence-electron chi connectivity index (χ3n) is 12.4. The Morgan fingerprint density at radius 3 is 2.44 bits per heavy atom. The standard InChI is InChI=1S/C39H43F5N8O2/c1-4-29(53)50-17-36(18-50)10-12-49(13-11-36)34-26-14-25(24-7-8-24)31(30-23(3)6-9-28-27(30)15-45-48-28)33(54-22-39(42,43)44)32(26)46-35(47-34)51-19-37(20-51)16-38(40,41)21-52(37)5-2/h4,6,9,14-15,24H,1,5,7-8,10-13,16-22H2,2-3H3,(H,45,48). The molecule has 1 N–H and O–H groups in total. The highest BCUT2D eigenvalue weighted by molar-refractivity contribution is 6.06. The number of rotatable bonds is 8. The molecule has 6 heterocycles. The molecule has 4 aliphatic heterocycles. The number of alkyl halides is 5. The molecule has 286 valence electrons. The number of likely N-dealkylation sites (tertiary alicyclic amines) is 2. The van der Waals surface area contributed by atoms with Crippen LogP contribution >= 0.6 is 0 Å². The first-order valence-corrected chi connectivity index (χ1v) is 18.8. The van der Waals surface area contributed by atoms with Gasteiger partial charge in [0.1, 0.15) is 11.3 Å². The fraction of sp³-hybridized carbons (Fsp3) is 0.538. The highest BCUT2D eigenvalue weighted by atomic mass is 19.4. The third-order valence-corrected chi connectivity index (χ3v) is 12.4. The van der Waals surface area contributed by atoms with Crippen molar-refractivity contribution in [3.8, 4) is 16.9 Å². The summed E-state index contributed by atoms with van der Waals surface area (Å²) in [5.41, 5.74) is 3.30. The molecule has 5 aliphatic rings. The minimum Gasteiger partial charge on any atom is -0.481 e. The van der Waals surface area contributed by atoms with Crippen molar-refractivity contribution in [3.63, 3.8) is 0 Å². The summed E-state index contributed by atoms with van der Waals surface area (Å²) in [4.78, 5) is 30.0. The van der Waals surface area contributed by atoms with Crippen LogP contribution in [0.3, 0.4) is 0 Å². The van der Waals surface area contributed by atoms with Gasteiger partial charge in [-0.25, -0.2) is 13.8 Å². The number of hydrogen-bond donors (Lipinski definition) is 1. The Morgan fingerprint density at radius 1 is 1.04 bits per heavy atom. The van der Waals surface area contributed by atoms with E-state index in [0.29, 0.717) is 49.5 Å². The van der Waals surface area contributed by atoms with Crippen LogP contribution in [-0.2, 0) is 4.79 Å². The normalized spacial score (nSPS) is 21.9. The minimum atomic E-state index is -4.62. The van der Waals surface area contributed by atoms with Gasteiger partial charge in [-0.3, -0.25) is 14.8 Å². The number of likely N-dealkylation sites (N-methyl/N-ethyl adjacent to an activating group) is 1. The molecule has 4 aromatic rings. The summed E-state index contributed by atoms with van der Waals surface area (Å²) in [6.45, 7) is 9.16. The molecule has 10 nitrogen and oxygen atoms in total. The summed E-state index contributed by atoms with van der Waals surface area (Å²) < 4.78 is 77.7. The van der Waals surface area contributed by atoms with Crippen LogP contribution in [0.4, 0.5) is 33.7 Å². The van der Waals surface area contributed by atoms with E-state index in [1.165, 1.54) is 6.08 Å². The molecule has 9 rings (SSSR count). The first-order valence-electron chi connectivity index (χ1n) is 18.8. The van der Waals surface area contributed by atoms with E-state index >= 15 is 0 Å². The van der Waals surface area contributed by atoms with Gasteiger partial charge in [0.15, 0.2) is 12.4 Å². The van der Waals surface area contributed by atoms with E-state index in [9.17, 15) is 26.7 Å². The van der Waals surface area contributed by atoms with Gasteiger partial charge in [0.05, 0.1) is 23.8 Å². The van der Waals surface area contributed by atoms with Gasteiger partial charge in [-0.1, -0.05) is 19.6 Å². The predicted molar refractivity (Wildman–Crippen MR) is 195 cm³/mol. The fourth-order valence-electron chi connectivity index (χ4n) is 9.56. The highest BCUT2D eigenvalue weighted by Gasteiger charge is 2.60. The smallest absolute Gasteiger partial charge is 0.422 e. The number of carbonyl (C=O) groups is 1. The van der Waals surface area contributed by atoms with Crippen LogP contribution in [0.25, 0.3) is 32.9 Å². The zero-order valence-electron chi connectivity index (χ0n) is 30.4. The van der Waals surface area contributed by atoms with Crippen molar-refractivity contribution in [3.05, 3.63) is 48.2 Å². The average Bonchev–Trinajstić information content (AvgIpc) is 3.77. The summed E-state index contributed by atoms with van der Waals surface area (Å²) in [7, 11) is 0. The number of aromatic amines is 1. The molecule has 2 aromatic heterocycles. The molecule has 2 aromatic carbocycles. The second kappa shape index (κ2) is 12.2. The first kappa shape index (κ1) is 35.2. The molecule has 0 radical (unpaired) electrons. The van der Waals surface area contributed by atoms with Crippen LogP contribution in [0.5, 0.6) is 5.75 Å². The number of nitrogens with zero attached hydrogens (tertiary/aromatic N) is 7. The average molecular weight is 751 g/mol. The van der Waals surface area contributed by atoms with Crippen LogP contribution < -0.4 is 14.5 Å². The molecule has 4 saturated heterocycles. The van der Waals surface area contributed by atoms with Crippen LogP contribution in [0.2, 0.25) is 0 Å². The van der Waals surface area contributed by atoms with Crippen LogP contribution in [0.15, 0.2) is 37.1 Å². The van der Waals surface area contributed by atoms with E-state index in [0.717, 1.165) is 53.3 Å². The van der Waals surface area contributed by atoms with Crippen molar-refractivity contribution < 1.29 is 31.5 Å². The van der Waals surface area contributed by atoms with E-state index < -0.39 is 24.2 Å². The maximum Gasteiger partial charge on any atom is 0.422 e. The number of fused-ring (bicyclic) bond motifs is 2. The molecule has 1 amide bonds. The second-order valence-electron chi connectivity index (χ2n) is 16.2. The Morgan fingerprint density at radius 2 is 1.78 bits per heavy atom. The molecule has 0 bridgehead atoms. The van der Waals surface area contributed by atoms with Crippen LogP contribution in [0, 0.1) is 12.3 Å². The quantitative estimate of drug-likeness (QED) is 0.155. The van der Waals surface area contributed by atoms with Crippen LogP contribution in [-0.4, -0.2) is 112 Å². The number of ether oxygens (including phenoxy) is 1. The van der Waals surface area contributed by atoms with E-state index in [1.807, 2.05) is 41.8 Å². The molecule has 1 aliphatic carbocycles. The summed E-state index contributed by atoms with van der Waals surface area (Å²) in [5, 5.41) is 8.62. The van der Waals surface area contributed by atoms with Gasteiger partial charge >= 0.3 is 6.18 Å². The van der Waals surface area contributed by atoms with E-state index in [1.54, 1.807) is 11.1 Å². The maximum atomic E-state index is 14.8. The van der Waals surface area contributed by atoms with Crippen molar-refractivity contribution in [2.75, 3.05) is 68.8 Å². The molecule has 54 heavy (non-hydrogen) atoms. The van der Waals surface area contributed by atoms with Gasteiger partial charge < -0.3 is 19.4 Å². The lowest BCUT2D eigenvalue weighted by Crippen LogP contribution is -2.68. The third kappa shape index (κ3) is 5.84. The fourth-order valence-corrected chi connectivity index (χ4v) is 9.56. The van der Waals surface area contributed by atoms with Crippen molar-refractivity contribution >= 4 is 39.5 Å². The van der Waals surface area contributed by atoms with Crippen molar-refractivity contribution in [2.24, 2.45) is 5.41 Å². The SMILES string of the molecule is C=CC(=O)N1CC2(CCN(c3nc(N4CC5(C4)CC(F)(F)CN5CC)nc4c(OCC(F)(F)F)c(-c5c(C)ccc6[nH]ncc56)c(C5CC5)cc34)CC2)C1. The number of H-pyrrole nitrogens is 1. The number of aromatic nitrogens is 4. The molecule has 1 saturated carbocycles. The van der Waals surface area contributed by atoms with Gasteiger partial charge in [0, 0.05) is 67.4 Å². The number of hydrogen-bond acceptors (Lipinski definition) is 8. The molecule has 0 atom stereocenters. The van der Waals surface area contributed by atoms with Gasteiger partial charge in [0.2, 0.25) is 11.9 Å². The first-order chi connectivity index (χ1) is 25.7. The van der Waals surface area contributed by atoms with Crippen molar-refractivity contribution in [2.45, 2.75) is 69.5 Å². The number of nitrogens with one attached hydrogen (secondary N) is 1. The number of aryl methyl sites for hydroxylation is 1. The Labute approximate surface area is 309 Å². The zero-order chi connectivity index (χ0) is 37.8. The largest absolute Gasteiger partial charge is 0.481 e. The van der Waals surface area contributed by atoms with Crippen LogP contribution in [0.1, 0.15) is 56.1 Å². The highest BCUT2D eigenvalue weighted by Crippen LogP contribution is 2.54. The number of halogens is 5. The molecule has 5 fully saturated rings. The lowest BCUT2D eigenvalue weighted by molar-refractivity contribution is -0.153. The maximum absolute atomic E-state index is 14.8. The number of benzene rings is 2. The minimum absolute atomic E-state index is 0.0177. The molecule has 0 unspecified atom stereocenters. The second-order valence-corrected chi connectivity index (χ2v) is 16.2. The molecule has 15 heteroatoms. The zero-order valence-corrected chi connectivity index (χ0v) is 30.4. The van der Waals surface area contributed by atoms with Gasteiger partial charge in [0.25, 0.3) is 5.92 Å². The van der Waals surface area contributed by atoms with E-state index in [2.05, 4.69) is 21.7 Å². The van der Waals surface area contributed by atoms with E-state index in [4.69, 9.17) is 14.7 Å². The topological polar surface area (TPSA) is 93.7 Å². The summed E-state index contributed by atoms with van der Waals surface area (Å²) in [6.07, 6.45) is 1.49. The predicted octanol–water partition coefficient (Wildman–Crippen LogP) is 6.83. The Hall–Kier alpha value is -4.53.